The van der Waals surface area contributed by atoms with Crippen molar-refractivity contribution in [2.75, 3.05) is 36.4 Å². The average Bonchev–Trinajstić information content (AvgIpc) is 3.35. The molecule has 0 unspecified atom stereocenters. The van der Waals surface area contributed by atoms with Gasteiger partial charge in [-0.3, -0.25) is 10.1 Å². The molecule has 25 heavy (non-hydrogen) atoms. The fourth-order valence-corrected chi connectivity index (χ4v) is 4.34. The largest absolute Gasteiger partial charge is 0.355 e. The fourth-order valence-electron chi connectivity index (χ4n) is 3.36. The summed E-state index contributed by atoms with van der Waals surface area (Å²) in [6.07, 6.45) is 6.51. The van der Waals surface area contributed by atoms with Crippen LogP contribution in [0.1, 0.15) is 47.0 Å². The Balaban J connectivity index is 1.39. The van der Waals surface area contributed by atoms with Gasteiger partial charge in [0.1, 0.15) is 0 Å². The van der Waals surface area contributed by atoms with Gasteiger partial charge in [0.05, 0.1) is 0 Å². The van der Waals surface area contributed by atoms with Crippen molar-refractivity contribution < 1.29 is 4.79 Å². The first-order chi connectivity index (χ1) is 12.3. The minimum atomic E-state index is -0.258. The van der Waals surface area contributed by atoms with Crippen molar-refractivity contribution >= 4 is 28.2 Å². The van der Waals surface area contributed by atoms with Gasteiger partial charge in [-0.25, -0.2) is 4.98 Å². The van der Waals surface area contributed by atoms with Crippen LogP contribution in [0.2, 0.25) is 0 Å². The number of carbonyl (C=O) groups is 1. The first kappa shape index (κ1) is 16.4. The van der Waals surface area contributed by atoms with E-state index in [1.165, 1.54) is 17.7 Å². The van der Waals surface area contributed by atoms with Crippen LogP contribution in [0.5, 0.6) is 0 Å². The van der Waals surface area contributed by atoms with Gasteiger partial charge in [0.15, 0.2) is 16.6 Å². The zero-order chi connectivity index (χ0) is 17.1. The number of carbonyl (C=O) groups excluding carboxylic acids is 1. The molecule has 2 aromatic rings. The van der Waals surface area contributed by atoms with E-state index in [2.05, 4.69) is 30.7 Å². The Hall–Kier alpha value is -2.06. The zero-order valence-corrected chi connectivity index (χ0v) is 14.9. The van der Waals surface area contributed by atoms with E-state index >= 15 is 0 Å². The van der Waals surface area contributed by atoms with Crippen molar-refractivity contribution in [3.05, 3.63) is 28.9 Å². The second-order valence-corrected chi connectivity index (χ2v) is 7.58. The molecule has 4 heterocycles. The van der Waals surface area contributed by atoms with Crippen molar-refractivity contribution in [1.82, 2.24) is 20.5 Å². The number of hydrogen-bond acceptors (Lipinski definition) is 7. The van der Waals surface area contributed by atoms with Gasteiger partial charge < -0.3 is 10.2 Å². The molecule has 132 valence electrons. The number of thiazole rings is 1. The Bertz CT molecular complexity index is 719. The average molecular weight is 358 g/mol. The highest BCUT2D eigenvalue weighted by Gasteiger charge is 2.19. The maximum Gasteiger partial charge on any atom is 0.277 e. The summed E-state index contributed by atoms with van der Waals surface area (Å²) in [6, 6.07) is 3.60. The molecular formula is C17H22N6OS. The van der Waals surface area contributed by atoms with E-state index in [1.54, 1.807) is 17.4 Å². The SMILES string of the molecule is O=C(Nc1ncc(C2CCNCC2)s1)c1ccc(N2CCCC2)nn1. The van der Waals surface area contributed by atoms with Crippen LogP contribution in [0.15, 0.2) is 18.3 Å². The molecule has 0 aliphatic carbocycles. The third kappa shape index (κ3) is 3.80. The molecule has 4 rings (SSSR count). The van der Waals surface area contributed by atoms with Gasteiger partial charge in [-0.2, -0.15) is 0 Å². The third-order valence-corrected chi connectivity index (χ3v) is 5.87. The molecule has 0 bridgehead atoms. The van der Waals surface area contributed by atoms with Crippen LogP contribution in [-0.4, -0.2) is 47.3 Å². The van der Waals surface area contributed by atoms with Crippen LogP contribution in [0.25, 0.3) is 0 Å². The van der Waals surface area contributed by atoms with Gasteiger partial charge in [0, 0.05) is 24.2 Å². The second kappa shape index (κ2) is 7.45. The van der Waals surface area contributed by atoms with Crippen molar-refractivity contribution in [3.8, 4) is 0 Å². The lowest BCUT2D eigenvalue weighted by atomic mass is 9.97. The first-order valence-electron chi connectivity index (χ1n) is 8.86. The Morgan fingerprint density at radius 3 is 2.72 bits per heavy atom. The van der Waals surface area contributed by atoms with Gasteiger partial charge in [-0.05, 0) is 56.8 Å². The predicted octanol–water partition coefficient (Wildman–Crippen LogP) is 2.25. The normalized spacial score (nSPS) is 18.5. The van der Waals surface area contributed by atoms with Gasteiger partial charge >= 0.3 is 0 Å². The van der Waals surface area contributed by atoms with Crippen LogP contribution in [0, 0.1) is 0 Å². The van der Waals surface area contributed by atoms with E-state index in [9.17, 15) is 4.79 Å². The maximum absolute atomic E-state index is 12.4. The number of rotatable bonds is 4. The number of amides is 1. The summed E-state index contributed by atoms with van der Waals surface area (Å²) in [5, 5.41) is 15.1. The Kier molecular flexibility index (Phi) is 4.89. The Morgan fingerprint density at radius 1 is 1.20 bits per heavy atom. The summed E-state index contributed by atoms with van der Waals surface area (Å²) < 4.78 is 0. The van der Waals surface area contributed by atoms with Crippen LogP contribution >= 0.6 is 11.3 Å². The molecule has 2 aromatic heterocycles. The van der Waals surface area contributed by atoms with E-state index in [1.807, 2.05) is 12.3 Å². The maximum atomic E-state index is 12.4. The van der Waals surface area contributed by atoms with E-state index in [0.717, 1.165) is 44.8 Å². The molecule has 2 saturated heterocycles. The highest BCUT2D eigenvalue weighted by atomic mass is 32.1. The number of piperidine rings is 1. The highest BCUT2D eigenvalue weighted by molar-refractivity contribution is 7.15. The van der Waals surface area contributed by atoms with Crippen molar-refractivity contribution in [2.45, 2.75) is 31.6 Å². The highest BCUT2D eigenvalue weighted by Crippen LogP contribution is 2.31. The summed E-state index contributed by atoms with van der Waals surface area (Å²) >= 11 is 1.56. The molecule has 7 nitrogen and oxygen atoms in total. The third-order valence-electron chi connectivity index (χ3n) is 4.80. The van der Waals surface area contributed by atoms with Crippen LogP contribution in [0.3, 0.4) is 0 Å². The van der Waals surface area contributed by atoms with Crippen molar-refractivity contribution in [3.63, 3.8) is 0 Å². The minimum absolute atomic E-state index is 0.258. The molecule has 0 spiro atoms. The lowest BCUT2D eigenvalue weighted by molar-refractivity contribution is 0.102. The number of nitrogens with zero attached hydrogens (tertiary/aromatic N) is 4. The molecule has 0 atom stereocenters. The molecule has 0 saturated carbocycles. The fraction of sp³-hybridized carbons (Fsp3) is 0.529. The smallest absolute Gasteiger partial charge is 0.277 e. The summed E-state index contributed by atoms with van der Waals surface area (Å²) in [4.78, 5) is 20.1. The quantitative estimate of drug-likeness (QED) is 0.872. The van der Waals surface area contributed by atoms with E-state index in [0.29, 0.717) is 16.7 Å². The summed E-state index contributed by atoms with van der Waals surface area (Å²) in [5.41, 5.74) is 0.321. The molecule has 8 heteroatoms. The van der Waals surface area contributed by atoms with E-state index < -0.39 is 0 Å². The molecule has 0 radical (unpaired) electrons. The second-order valence-electron chi connectivity index (χ2n) is 6.52. The predicted molar refractivity (Wildman–Crippen MR) is 98.4 cm³/mol. The van der Waals surface area contributed by atoms with Crippen molar-refractivity contribution in [1.29, 1.82) is 0 Å². The molecule has 2 aliphatic rings. The molecule has 0 aromatic carbocycles. The first-order valence-corrected chi connectivity index (χ1v) is 9.68. The Labute approximate surface area is 150 Å². The van der Waals surface area contributed by atoms with Gasteiger partial charge in [-0.15, -0.1) is 21.5 Å². The molecule has 2 aliphatic heterocycles. The van der Waals surface area contributed by atoms with Gasteiger partial charge in [0.25, 0.3) is 5.91 Å². The van der Waals surface area contributed by atoms with E-state index in [-0.39, 0.29) is 5.91 Å². The summed E-state index contributed by atoms with van der Waals surface area (Å²) in [6.45, 7) is 4.12. The molecular weight excluding hydrogens is 336 g/mol. The summed E-state index contributed by atoms with van der Waals surface area (Å²) in [7, 11) is 0. The van der Waals surface area contributed by atoms with Gasteiger partial charge in [-0.1, -0.05) is 0 Å². The van der Waals surface area contributed by atoms with Crippen LogP contribution in [-0.2, 0) is 0 Å². The van der Waals surface area contributed by atoms with E-state index in [4.69, 9.17) is 0 Å². The topological polar surface area (TPSA) is 83.0 Å². The van der Waals surface area contributed by atoms with Crippen LogP contribution in [0.4, 0.5) is 10.9 Å². The number of anilines is 2. The minimum Gasteiger partial charge on any atom is -0.355 e. The van der Waals surface area contributed by atoms with Crippen molar-refractivity contribution in [2.24, 2.45) is 0 Å². The number of aromatic nitrogens is 3. The number of nitrogens with one attached hydrogen (secondary N) is 2. The molecule has 2 fully saturated rings. The monoisotopic (exact) mass is 358 g/mol. The molecule has 1 amide bonds. The standard InChI is InChI=1S/C17H22N6OS/c24-16(13-3-4-15(22-21-13)23-9-1-2-10-23)20-17-19-11-14(25-17)12-5-7-18-8-6-12/h3-4,11-12,18H,1-2,5-10H2,(H,19,20,24). The van der Waals surface area contributed by atoms with Gasteiger partial charge in [0.2, 0.25) is 0 Å². The number of hydrogen-bond donors (Lipinski definition) is 2. The Morgan fingerprint density at radius 2 is 2.00 bits per heavy atom. The summed E-state index contributed by atoms with van der Waals surface area (Å²) in [5.74, 6) is 1.13. The van der Waals surface area contributed by atoms with Crippen LogP contribution < -0.4 is 15.5 Å². The lowest BCUT2D eigenvalue weighted by Crippen LogP contribution is -2.26. The molecule has 2 N–H and O–H groups in total. The lowest BCUT2D eigenvalue weighted by Gasteiger charge is -2.20. The zero-order valence-electron chi connectivity index (χ0n) is 14.1.